The van der Waals surface area contributed by atoms with E-state index < -0.39 is 0 Å². The van der Waals surface area contributed by atoms with Gasteiger partial charge < -0.3 is 15.8 Å². The second-order valence-electron chi connectivity index (χ2n) is 4.25. The molecule has 3 N–H and O–H groups in total. The number of hydrogen-bond acceptors (Lipinski definition) is 4. The number of carbonyl (C=O) groups is 1. The molecule has 0 radical (unpaired) electrons. The Morgan fingerprint density at radius 1 is 1.40 bits per heavy atom. The molecule has 0 saturated carbocycles. The number of nitrogens with zero attached hydrogens (tertiary/aromatic N) is 1. The van der Waals surface area contributed by atoms with Crippen LogP contribution in [0.15, 0.2) is 30.5 Å². The predicted octanol–water partition coefficient (Wildman–Crippen LogP) is 2.89. The molecule has 20 heavy (non-hydrogen) atoms. The predicted molar refractivity (Wildman–Crippen MR) is 79.3 cm³/mol. The third-order valence-corrected chi connectivity index (χ3v) is 3.04. The van der Waals surface area contributed by atoms with E-state index in [1.54, 1.807) is 13.2 Å². The fraction of sp³-hybridized carbons (Fsp3) is 0.143. The lowest BCUT2D eigenvalue weighted by molar-refractivity contribution is 0.102. The van der Waals surface area contributed by atoms with Crippen molar-refractivity contribution in [2.75, 3.05) is 18.2 Å². The van der Waals surface area contributed by atoms with Crippen LogP contribution in [-0.4, -0.2) is 18.0 Å². The Kier molecular flexibility index (Phi) is 4.10. The highest BCUT2D eigenvalue weighted by Crippen LogP contribution is 2.26. The summed E-state index contributed by atoms with van der Waals surface area (Å²) in [5, 5.41) is 3.01. The van der Waals surface area contributed by atoms with Crippen molar-refractivity contribution >= 4 is 29.0 Å². The van der Waals surface area contributed by atoms with E-state index in [-0.39, 0.29) is 16.7 Å². The second kappa shape index (κ2) is 5.79. The van der Waals surface area contributed by atoms with Gasteiger partial charge in [0.2, 0.25) is 0 Å². The summed E-state index contributed by atoms with van der Waals surface area (Å²) in [6.45, 7) is 1.93. The van der Waals surface area contributed by atoms with Crippen LogP contribution in [0.25, 0.3) is 0 Å². The molecule has 0 aliphatic rings. The molecule has 0 aliphatic carbocycles. The van der Waals surface area contributed by atoms with Gasteiger partial charge in [0.05, 0.1) is 23.4 Å². The molecule has 0 atom stereocenters. The number of pyridine rings is 1. The number of ether oxygens (including phenoxy) is 1. The number of halogens is 1. The normalized spacial score (nSPS) is 10.2. The number of benzene rings is 1. The van der Waals surface area contributed by atoms with Crippen molar-refractivity contribution in [3.05, 3.63) is 46.6 Å². The van der Waals surface area contributed by atoms with E-state index in [2.05, 4.69) is 10.3 Å². The zero-order valence-corrected chi connectivity index (χ0v) is 11.9. The summed E-state index contributed by atoms with van der Waals surface area (Å²) >= 11 is 5.85. The summed E-state index contributed by atoms with van der Waals surface area (Å²) < 4.78 is 5.20. The van der Waals surface area contributed by atoms with Gasteiger partial charge in [0, 0.05) is 6.20 Å². The Hall–Kier alpha value is -2.27. The van der Waals surface area contributed by atoms with Crippen molar-refractivity contribution in [2.45, 2.75) is 6.92 Å². The fourth-order valence-electron chi connectivity index (χ4n) is 1.69. The summed E-state index contributed by atoms with van der Waals surface area (Å²) in [7, 11) is 1.54. The monoisotopic (exact) mass is 291 g/mol. The zero-order valence-electron chi connectivity index (χ0n) is 11.1. The highest BCUT2D eigenvalue weighted by atomic mass is 35.5. The maximum Gasteiger partial charge on any atom is 0.257 e. The quantitative estimate of drug-likeness (QED) is 0.911. The van der Waals surface area contributed by atoms with Crippen molar-refractivity contribution < 1.29 is 9.53 Å². The van der Waals surface area contributed by atoms with E-state index in [4.69, 9.17) is 22.1 Å². The molecule has 0 spiro atoms. The largest absolute Gasteiger partial charge is 0.495 e. The first-order valence-electron chi connectivity index (χ1n) is 5.88. The molecule has 1 aromatic heterocycles. The van der Waals surface area contributed by atoms with Gasteiger partial charge in [-0.3, -0.25) is 4.79 Å². The van der Waals surface area contributed by atoms with Crippen molar-refractivity contribution in [1.82, 2.24) is 4.98 Å². The number of nitrogens with one attached hydrogen (secondary N) is 1. The fourth-order valence-corrected chi connectivity index (χ4v) is 1.85. The molecule has 2 aromatic rings. The van der Waals surface area contributed by atoms with E-state index in [1.165, 1.54) is 12.3 Å². The molecule has 0 fully saturated rings. The summed E-state index contributed by atoms with van der Waals surface area (Å²) in [5.74, 6) is 0.443. The van der Waals surface area contributed by atoms with E-state index in [0.29, 0.717) is 17.0 Å². The molecule has 104 valence electrons. The average Bonchev–Trinajstić information content (AvgIpc) is 2.42. The van der Waals surface area contributed by atoms with Gasteiger partial charge in [-0.25, -0.2) is 4.98 Å². The molecule has 1 aromatic carbocycles. The lowest BCUT2D eigenvalue weighted by Gasteiger charge is -2.11. The van der Waals surface area contributed by atoms with Gasteiger partial charge in [-0.2, -0.15) is 0 Å². The lowest BCUT2D eigenvalue weighted by atomic mass is 10.2. The summed E-state index contributed by atoms with van der Waals surface area (Å²) in [6, 6.07) is 6.99. The molecule has 0 aliphatic heterocycles. The Morgan fingerprint density at radius 3 is 2.80 bits per heavy atom. The minimum absolute atomic E-state index is 0.191. The topological polar surface area (TPSA) is 77.2 Å². The van der Waals surface area contributed by atoms with Gasteiger partial charge in [0.1, 0.15) is 11.6 Å². The molecular formula is C14H14ClN3O2. The minimum atomic E-state index is -0.330. The Balaban J connectivity index is 2.27. The highest BCUT2D eigenvalue weighted by Gasteiger charge is 2.12. The first kappa shape index (κ1) is 14.1. The van der Waals surface area contributed by atoms with Crippen LogP contribution in [0, 0.1) is 6.92 Å². The Labute approximate surface area is 121 Å². The van der Waals surface area contributed by atoms with Gasteiger partial charge in [-0.05, 0) is 30.7 Å². The first-order chi connectivity index (χ1) is 9.51. The molecule has 6 heteroatoms. The summed E-state index contributed by atoms with van der Waals surface area (Å²) in [6.07, 6.45) is 1.37. The van der Waals surface area contributed by atoms with E-state index in [1.807, 2.05) is 19.1 Å². The summed E-state index contributed by atoms with van der Waals surface area (Å²) in [4.78, 5) is 16.0. The SMILES string of the molecule is COc1ccc(C)cc1NC(=O)c1cnc(N)c(Cl)c1. The van der Waals surface area contributed by atoms with E-state index in [9.17, 15) is 4.79 Å². The van der Waals surface area contributed by atoms with Crippen LogP contribution in [0.3, 0.4) is 0 Å². The van der Waals surface area contributed by atoms with Gasteiger partial charge in [0.25, 0.3) is 5.91 Å². The van der Waals surface area contributed by atoms with E-state index >= 15 is 0 Å². The number of nitrogens with two attached hydrogens (primary N) is 1. The van der Waals surface area contributed by atoms with Crippen molar-refractivity contribution in [2.24, 2.45) is 0 Å². The van der Waals surface area contributed by atoms with Gasteiger partial charge in [-0.1, -0.05) is 17.7 Å². The average molecular weight is 292 g/mol. The number of aromatic nitrogens is 1. The smallest absolute Gasteiger partial charge is 0.257 e. The van der Waals surface area contributed by atoms with Crippen molar-refractivity contribution in [1.29, 1.82) is 0 Å². The van der Waals surface area contributed by atoms with Gasteiger partial charge in [0.15, 0.2) is 0 Å². The molecule has 5 nitrogen and oxygen atoms in total. The molecule has 1 amide bonds. The number of nitrogen functional groups attached to an aromatic ring is 1. The number of amides is 1. The number of methoxy groups -OCH3 is 1. The first-order valence-corrected chi connectivity index (χ1v) is 6.26. The molecule has 0 bridgehead atoms. The van der Waals surface area contributed by atoms with Crippen molar-refractivity contribution in [3.63, 3.8) is 0 Å². The maximum absolute atomic E-state index is 12.2. The Bertz CT molecular complexity index is 659. The molecule has 1 heterocycles. The molecule has 2 rings (SSSR count). The third kappa shape index (κ3) is 3.00. The Morgan fingerprint density at radius 2 is 2.15 bits per heavy atom. The van der Waals surface area contributed by atoms with Crippen molar-refractivity contribution in [3.8, 4) is 5.75 Å². The minimum Gasteiger partial charge on any atom is -0.495 e. The number of rotatable bonds is 3. The lowest BCUT2D eigenvalue weighted by Crippen LogP contribution is -2.13. The highest BCUT2D eigenvalue weighted by molar-refractivity contribution is 6.33. The number of aryl methyl sites for hydroxylation is 1. The van der Waals surface area contributed by atoms with Crippen LogP contribution < -0.4 is 15.8 Å². The van der Waals surface area contributed by atoms with Crippen LogP contribution in [0.1, 0.15) is 15.9 Å². The van der Waals surface area contributed by atoms with E-state index in [0.717, 1.165) is 5.56 Å². The van der Waals surface area contributed by atoms with Gasteiger partial charge >= 0.3 is 0 Å². The van der Waals surface area contributed by atoms with Gasteiger partial charge in [-0.15, -0.1) is 0 Å². The van der Waals surface area contributed by atoms with Crippen LogP contribution >= 0.6 is 11.6 Å². The third-order valence-electron chi connectivity index (χ3n) is 2.74. The second-order valence-corrected chi connectivity index (χ2v) is 4.66. The maximum atomic E-state index is 12.2. The molecule has 0 saturated heterocycles. The van der Waals surface area contributed by atoms with Crippen LogP contribution in [0.5, 0.6) is 5.75 Å². The zero-order chi connectivity index (χ0) is 14.7. The number of carbonyl (C=O) groups excluding carboxylic acids is 1. The van der Waals surface area contributed by atoms with Crippen LogP contribution in [0.2, 0.25) is 5.02 Å². The number of hydrogen-bond donors (Lipinski definition) is 2. The molecular weight excluding hydrogens is 278 g/mol. The summed E-state index contributed by atoms with van der Waals surface area (Å²) in [5.41, 5.74) is 7.44. The number of anilines is 2. The van der Waals surface area contributed by atoms with Crippen LogP contribution in [-0.2, 0) is 0 Å². The standard InChI is InChI=1S/C14H14ClN3O2/c1-8-3-4-12(20-2)11(5-8)18-14(19)9-6-10(15)13(16)17-7-9/h3-7H,1-2H3,(H2,16,17)(H,18,19). The molecule has 0 unspecified atom stereocenters. The van der Waals surface area contributed by atoms with Crippen LogP contribution in [0.4, 0.5) is 11.5 Å².